The summed E-state index contributed by atoms with van der Waals surface area (Å²) in [6, 6.07) is 5.08. The quantitative estimate of drug-likeness (QED) is 0.856. The summed E-state index contributed by atoms with van der Waals surface area (Å²) >= 11 is 1.38. The van der Waals surface area contributed by atoms with Crippen LogP contribution in [0.25, 0.3) is 0 Å². The lowest BCUT2D eigenvalue weighted by Gasteiger charge is -2.03. The molecule has 21 heavy (non-hydrogen) atoms. The number of aryl methyl sites for hydroxylation is 2. The highest BCUT2D eigenvalue weighted by Crippen LogP contribution is 2.30. The minimum Gasteiger partial charge on any atom is -0.465 e. The predicted molar refractivity (Wildman–Crippen MR) is 81.1 cm³/mol. The minimum atomic E-state index is -0.459. The molecule has 2 rings (SSSR count). The molecule has 0 spiro atoms. The van der Waals surface area contributed by atoms with E-state index in [0.29, 0.717) is 16.3 Å². The van der Waals surface area contributed by atoms with Crippen LogP contribution >= 0.6 is 11.3 Å². The summed E-state index contributed by atoms with van der Waals surface area (Å²) in [6.07, 6.45) is 1.82. The lowest BCUT2D eigenvalue weighted by atomic mass is 10.2. The van der Waals surface area contributed by atoms with E-state index in [1.54, 1.807) is 25.1 Å². The Morgan fingerprint density at radius 3 is 2.71 bits per heavy atom. The number of anilines is 1. The highest BCUT2D eigenvalue weighted by molar-refractivity contribution is 7.16. The molecule has 0 aliphatic carbocycles. The second-order valence-electron chi connectivity index (χ2n) is 4.56. The zero-order valence-electron chi connectivity index (χ0n) is 12.2. The fourth-order valence-corrected chi connectivity index (χ4v) is 3.03. The van der Waals surface area contributed by atoms with Crippen molar-refractivity contribution >= 4 is 28.2 Å². The number of thiophene rings is 1. The van der Waals surface area contributed by atoms with Crippen LogP contribution in [0.5, 0.6) is 0 Å². The van der Waals surface area contributed by atoms with Crippen molar-refractivity contribution < 1.29 is 18.7 Å². The van der Waals surface area contributed by atoms with Crippen LogP contribution in [0.4, 0.5) is 5.00 Å². The highest BCUT2D eigenvalue weighted by Gasteiger charge is 2.20. The van der Waals surface area contributed by atoms with Crippen LogP contribution in [0.15, 0.2) is 22.6 Å². The Hall–Kier alpha value is -2.08. The maximum Gasteiger partial charge on any atom is 0.340 e. The van der Waals surface area contributed by atoms with Gasteiger partial charge in [-0.05, 0) is 31.5 Å². The Balaban J connectivity index is 2.25. The van der Waals surface area contributed by atoms with Gasteiger partial charge >= 0.3 is 5.97 Å². The Kier molecular flexibility index (Phi) is 4.80. The van der Waals surface area contributed by atoms with E-state index in [1.165, 1.54) is 18.4 Å². The maximum atomic E-state index is 12.1. The number of methoxy groups -OCH3 is 1. The van der Waals surface area contributed by atoms with E-state index in [0.717, 1.165) is 17.7 Å². The standard InChI is InChI=1S/C15H17NO4S/c1-4-5-10-8-11(15(18)19-3)14(21-10)16-13(17)12-7-6-9(2)20-12/h6-8H,4-5H2,1-3H3,(H,16,17). The lowest BCUT2D eigenvalue weighted by molar-refractivity contribution is 0.0602. The topological polar surface area (TPSA) is 68.5 Å². The molecule has 112 valence electrons. The van der Waals surface area contributed by atoms with Crippen LogP contribution in [0, 0.1) is 6.92 Å². The molecule has 6 heteroatoms. The molecule has 0 unspecified atom stereocenters. The first kappa shape index (κ1) is 15.3. The minimum absolute atomic E-state index is 0.216. The Bertz CT molecular complexity index is 656. The van der Waals surface area contributed by atoms with Gasteiger partial charge in [-0.1, -0.05) is 13.3 Å². The van der Waals surface area contributed by atoms with E-state index in [2.05, 4.69) is 12.2 Å². The second kappa shape index (κ2) is 6.58. The van der Waals surface area contributed by atoms with Gasteiger partial charge in [-0.25, -0.2) is 4.79 Å². The van der Waals surface area contributed by atoms with Crippen molar-refractivity contribution in [1.82, 2.24) is 0 Å². The van der Waals surface area contributed by atoms with Crippen molar-refractivity contribution in [2.75, 3.05) is 12.4 Å². The predicted octanol–water partition coefficient (Wildman–Crippen LogP) is 3.64. The molecule has 2 aromatic rings. The number of rotatable bonds is 5. The molecule has 5 nitrogen and oxygen atoms in total. The summed E-state index contributed by atoms with van der Waals surface area (Å²) in [5.41, 5.74) is 0.377. The molecule has 2 heterocycles. The highest BCUT2D eigenvalue weighted by atomic mass is 32.1. The van der Waals surface area contributed by atoms with Gasteiger partial charge in [0.05, 0.1) is 12.7 Å². The number of hydrogen-bond acceptors (Lipinski definition) is 5. The summed E-state index contributed by atoms with van der Waals surface area (Å²) in [5.74, 6) is 0.0395. The number of furan rings is 1. The summed E-state index contributed by atoms with van der Waals surface area (Å²) in [6.45, 7) is 3.82. The van der Waals surface area contributed by atoms with E-state index in [-0.39, 0.29) is 11.7 Å². The summed E-state index contributed by atoms with van der Waals surface area (Å²) < 4.78 is 10.0. The zero-order chi connectivity index (χ0) is 15.4. The molecule has 0 saturated heterocycles. The van der Waals surface area contributed by atoms with Gasteiger partial charge in [0.15, 0.2) is 5.76 Å². The molecule has 0 atom stereocenters. The van der Waals surface area contributed by atoms with Gasteiger partial charge in [-0.15, -0.1) is 11.3 Å². The van der Waals surface area contributed by atoms with Gasteiger partial charge in [0.25, 0.3) is 5.91 Å². The van der Waals surface area contributed by atoms with Crippen LogP contribution in [0.1, 0.15) is 44.9 Å². The normalized spacial score (nSPS) is 10.4. The number of amides is 1. The number of nitrogens with one attached hydrogen (secondary N) is 1. The molecule has 1 amide bonds. The number of ether oxygens (including phenoxy) is 1. The molecular formula is C15H17NO4S. The number of carbonyl (C=O) groups excluding carboxylic acids is 2. The summed E-state index contributed by atoms with van der Waals surface area (Å²) in [4.78, 5) is 24.9. The third kappa shape index (κ3) is 3.52. The Morgan fingerprint density at radius 1 is 1.38 bits per heavy atom. The van der Waals surface area contributed by atoms with E-state index in [1.807, 2.05) is 0 Å². The fraction of sp³-hybridized carbons (Fsp3) is 0.333. The molecule has 0 aliphatic heterocycles. The fourth-order valence-electron chi connectivity index (χ4n) is 1.89. The first-order valence-corrected chi connectivity index (χ1v) is 7.45. The van der Waals surface area contributed by atoms with Gasteiger partial charge in [-0.2, -0.15) is 0 Å². The molecule has 1 N–H and O–H groups in total. The summed E-state index contributed by atoms with van der Waals surface area (Å²) in [5, 5.41) is 3.21. The van der Waals surface area contributed by atoms with Crippen molar-refractivity contribution in [3.63, 3.8) is 0 Å². The average Bonchev–Trinajstić information content (AvgIpc) is 3.05. The van der Waals surface area contributed by atoms with E-state index >= 15 is 0 Å². The summed E-state index contributed by atoms with van der Waals surface area (Å²) in [7, 11) is 1.32. The molecular weight excluding hydrogens is 290 g/mol. The SMILES string of the molecule is CCCc1cc(C(=O)OC)c(NC(=O)c2ccc(C)o2)s1. The lowest BCUT2D eigenvalue weighted by Crippen LogP contribution is -2.12. The van der Waals surface area contributed by atoms with Crippen LogP contribution < -0.4 is 5.32 Å². The van der Waals surface area contributed by atoms with Crippen molar-refractivity contribution in [2.45, 2.75) is 26.7 Å². The average molecular weight is 307 g/mol. The van der Waals surface area contributed by atoms with E-state index in [9.17, 15) is 9.59 Å². The van der Waals surface area contributed by atoms with Crippen molar-refractivity contribution in [3.05, 3.63) is 40.2 Å². The molecule has 0 aliphatic rings. The van der Waals surface area contributed by atoms with Crippen LogP contribution in [-0.4, -0.2) is 19.0 Å². The Labute approximate surface area is 126 Å². The van der Waals surface area contributed by atoms with Gasteiger partial charge < -0.3 is 14.5 Å². The molecule has 0 aromatic carbocycles. The van der Waals surface area contributed by atoms with Crippen molar-refractivity contribution in [3.8, 4) is 0 Å². The molecule has 2 aromatic heterocycles. The van der Waals surface area contributed by atoms with Gasteiger partial charge in [-0.3, -0.25) is 4.79 Å². The molecule has 0 saturated carbocycles. The first-order valence-electron chi connectivity index (χ1n) is 6.64. The van der Waals surface area contributed by atoms with Crippen LogP contribution in [0.3, 0.4) is 0 Å². The smallest absolute Gasteiger partial charge is 0.340 e. The molecule has 0 fully saturated rings. The molecule has 0 radical (unpaired) electrons. The third-order valence-electron chi connectivity index (χ3n) is 2.88. The zero-order valence-corrected chi connectivity index (χ0v) is 13.0. The van der Waals surface area contributed by atoms with E-state index < -0.39 is 5.97 Å². The van der Waals surface area contributed by atoms with Gasteiger partial charge in [0, 0.05) is 4.88 Å². The van der Waals surface area contributed by atoms with Crippen molar-refractivity contribution in [2.24, 2.45) is 0 Å². The molecule has 0 bridgehead atoms. The monoisotopic (exact) mass is 307 g/mol. The van der Waals surface area contributed by atoms with Crippen LogP contribution in [-0.2, 0) is 11.2 Å². The first-order chi connectivity index (χ1) is 10.0. The number of hydrogen-bond donors (Lipinski definition) is 1. The number of carbonyl (C=O) groups is 2. The Morgan fingerprint density at radius 2 is 2.14 bits per heavy atom. The largest absolute Gasteiger partial charge is 0.465 e. The van der Waals surface area contributed by atoms with Gasteiger partial charge in [0.2, 0.25) is 0 Å². The maximum absolute atomic E-state index is 12.1. The third-order valence-corrected chi connectivity index (χ3v) is 3.99. The number of esters is 1. The van der Waals surface area contributed by atoms with Crippen molar-refractivity contribution in [1.29, 1.82) is 0 Å². The second-order valence-corrected chi connectivity index (χ2v) is 5.70. The van der Waals surface area contributed by atoms with Crippen LogP contribution in [0.2, 0.25) is 0 Å². The van der Waals surface area contributed by atoms with E-state index in [4.69, 9.17) is 9.15 Å². The van der Waals surface area contributed by atoms with Gasteiger partial charge in [0.1, 0.15) is 10.8 Å².